The summed E-state index contributed by atoms with van der Waals surface area (Å²) in [5.41, 5.74) is 1.05. The predicted octanol–water partition coefficient (Wildman–Crippen LogP) is 1.57. The SMILES string of the molecule is Cn1ccnc1S(=O)(=O)N1CCC(COc2ccc(C3CC3)nn2)CC1. The predicted molar refractivity (Wildman–Crippen MR) is 94.2 cm³/mol. The van der Waals surface area contributed by atoms with E-state index in [0.717, 1.165) is 18.5 Å². The third kappa shape index (κ3) is 3.59. The highest BCUT2D eigenvalue weighted by Crippen LogP contribution is 2.38. The Labute approximate surface area is 153 Å². The monoisotopic (exact) mass is 377 g/mol. The third-order valence-corrected chi connectivity index (χ3v) is 6.94. The average Bonchev–Trinajstić information content (AvgIpc) is 3.41. The van der Waals surface area contributed by atoms with Crippen LogP contribution in [0, 0.1) is 5.92 Å². The van der Waals surface area contributed by atoms with E-state index in [1.807, 2.05) is 12.1 Å². The maximum absolute atomic E-state index is 12.6. The van der Waals surface area contributed by atoms with Gasteiger partial charge in [0.25, 0.3) is 10.0 Å². The highest BCUT2D eigenvalue weighted by Gasteiger charge is 2.32. The first-order valence-corrected chi connectivity index (χ1v) is 10.4. The summed E-state index contributed by atoms with van der Waals surface area (Å²) in [6, 6.07) is 3.86. The van der Waals surface area contributed by atoms with E-state index in [0.29, 0.717) is 37.4 Å². The van der Waals surface area contributed by atoms with E-state index in [9.17, 15) is 8.42 Å². The third-order valence-electron chi connectivity index (χ3n) is 5.04. The zero-order chi connectivity index (χ0) is 18.1. The number of rotatable bonds is 6. The molecule has 1 saturated carbocycles. The largest absolute Gasteiger partial charge is 0.476 e. The Balaban J connectivity index is 1.29. The van der Waals surface area contributed by atoms with Gasteiger partial charge in [0.05, 0.1) is 12.3 Å². The fourth-order valence-corrected chi connectivity index (χ4v) is 4.78. The number of sulfonamides is 1. The van der Waals surface area contributed by atoms with Crippen LogP contribution in [-0.4, -0.2) is 52.2 Å². The zero-order valence-electron chi connectivity index (χ0n) is 14.8. The van der Waals surface area contributed by atoms with Crippen molar-refractivity contribution in [2.45, 2.75) is 36.8 Å². The minimum absolute atomic E-state index is 0.0956. The number of ether oxygens (including phenoxy) is 1. The topological polar surface area (TPSA) is 90.2 Å². The van der Waals surface area contributed by atoms with Gasteiger partial charge in [0.15, 0.2) is 0 Å². The van der Waals surface area contributed by atoms with Gasteiger partial charge in [0.1, 0.15) is 0 Å². The van der Waals surface area contributed by atoms with Crippen molar-refractivity contribution in [3.63, 3.8) is 0 Å². The summed E-state index contributed by atoms with van der Waals surface area (Å²) >= 11 is 0. The maximum Gasteiger partial charge on any atom is 0.276 e. The second-order valence-electron chi connectivity index (χ2n) is 7.05. The van der Waals surface area contributed by atoms with E-state index in [2.05, 4.69) is 15.2 Å². The molecule has 0 amide bonds. The lowest BCUT2D eigenvalue weighted by molar-refractivity contribution is 0.179. The van der Waals surface area contributed by atoms with Crippen molar-refractivity contribution in [3.8, 4) is 5.88 Å². The Morgan fingerprint density at radius 3 is 2.50 bits per heavy atom. The summed E-state index contributed by atoms with van der Waals surface area (Å²) in [7, 11) is -1.83. The molecule has 4 rings (SSSR count). The molecule has 0 atom stereocenters. The van der Waals surface area contributed by atoms with Crippen LogP contribution < -0.4 is 4.74 Å². The Kier molecular flexibility index (Phi) is 4.66. The molecule has 2 fully saturated rings. The first kappa shape index (κ1) is 17.4. The lowest BCUT2D eigenvalue weighted by Gasteiger charge is -2.30. The standard InChI is InChI=1S/C17H23N5O3S/c1-21-11-8-18-17(21)26(23,24)22-9-6-13(7-10-22)12-25-16-5-4-15(19-20-16)14-2-3-14/h4-5,8,11,13-14H,2-3,6-7,9-10,12H2,1H3. The van der Waals surface area contributed by atoms with E-state index in [4.69, 9.17) is 4.74 Å². The maximum atomic E-state index is 12.6. The molecule has 3 heterocycles. The van der Waals surface area contributed by atoms with Crippen LogP contribution in [0.15, 0.2) is 29.7 Å². The molecule has 1 aliphatic carbocycles. The van der Waals surface area contributed by atoms with Gasteiger partial charge in [-0.15, -0.1) is 5.10 Å². The molecule has 2 aromatic heterocycles. The normalized spacial score (nSPS) is 19.6. The molecule has 0 N–H and O–H groups in total. The summed E-state index contributed by atoms with van der Waals surface area (Å²) in [5, 5.41) is 8.44. The van der Waals surface area contributed by atoms with Crippen LogP contribution in [0.5, 0.6) is 5.88 Å². The molecular formula is C17H23N5O3S. The van der Waals surface area contributed by atoms with Crippen molar-refractivity contribution in [1.29, 1.82) is 0 Å². The van der Waals surface area contributed by atoms with Gasteiger partial charge in [-0.1, -0.05) is 0 Å². The van der Waals surface area contributed by atoms with Gasteiger partial charge < -0.3 is 9.30 Å². The van der Waals surface area contributed by atoms with Crippen LogP contribution in [0.4, 0.5) is 0 Å². The Morgan fingerprint density at radius 2 is 1.92 bits per heavy atom. The number of hydrogen-bond acceptors (Lipinski definition) is 6. The molecule has 1 aliphatic heterocycles. The van der Waals surface area contributed by atoms with Crippen molar-refractivity contribution < 1.29 is 13.2 Å². The minimum atomic E-state index is -3.52. The van der Waals surface area contributed by atoms with Gasteiger partial charge in [0.2, 0.25) is 11.0 Å². The van der Waals surface area contributed by atoms with Crippen molar-refractivity contribution in [2.75, 3.05) is 19.7 Å². The number of imidazole rings is 1. The van der Waals surface area contributed by atoms with Crippen molar-refractivity contribution in [1.82, 2.24) is 24.1 Å². The van der Waals surface area contributed by atoms with E-state index in [-0.39, 0.29) is 5.16 Å². The van der Waals surface area contributed by atoms with Crippen LogP contribution in [0.2, 0.25) is 0 Å². The summed E-state index contributed by atoms with van der Waals surface area (Å²) in [6.45, 7) is 1.50. The number of piperidine rings is 1. The molecule has 2 aliphatic rings. The summed E-state index contributed by atoms with van der Waals surface area (Å²) in [6.07, 6.45) is 7.07. The molecule has 2 aromatic rings. The molecule has 0 spiro atoms. The van der Waals surface area contributed by atoms with Crippen molar-refractivity contribution >= 4 is 10.0 Å². The second kappa shape index (κ2) is 6.96. The lowest BCUT2D eigenvalue weighted by Crippen LogP contribution is -2.40. The summed E-state index contributed by atoms with van der Waals surface area (Å²) in [5.74, 6) is 1.44. The highest BCUT2D eigenvalue weighted by molar-refractivity contribution is 7.89. The van der Waals surface area contributed by atoms with Crippen LogP contribution >= 0.6 is 0 Å². The van der Waals surface area contributed by atoms with E-state index < -0.39 is 10.0 Å². The van der Waals surface area contributed by atoms with Crippen molar-refractivity contribution in [2.24, 2.45) is 13.0 Å². The Hall–Kier alpha value is -2.00. The Morgan fingerprint density at radius 1 is 1.15 bits per heavy atom. The molecule has 0 bridgehead atoms. The van der Waals surface area contributed by atoms with E-state index in [1.54, 1.807) is 13.2 Å². The molecule has 0 radical (unpaired) electrons. The number of nitrogens with zero attached hydrogens (tertiary/aromatic N) is 5. The molecule has 0 unspecified atom stereocenters. The van der Waals surface area contributed by atoms with Crippen LogP contribution in [0.3, 0.4) is 0 Å². The lowest BCUT2D eigenvalue weighted by atomic mass is 9.99. The van der Waals surface area contributed by atoms with Crippen LogP contribution in [-0.2, 0) is 17.1 Å². The van der Waals surface area contributed by atoms with Gasteiger partial charge in [0, 0.05) is 44.5 Å². The van der Waals surface area contributed by atoms with Gasteiger partial charge in [-0.25, -0.2) is 13.4 Å². The second-order valence-corrected chi connectivity index (χ2v) is 8.88. The highest BCUT2D eigenvalue weighted by atomic mass is 32.2. The quantitative estimate of drug-likeness (QED) is 0.759. The first-order valence-electron chi connectivity index (χ1n) is 8.98. The zero-order valence-corrected chi connectivity index (χ0v) is 15.6. The molecule has 1 saturated heterocycles. The molecule has 9 heteroatoms. The van der Waals surface area contributed by atoms with Crippen molar-refractivity contribution in [3.05, 3.63) is 30.2 Å². The molecule has 0 aromatic carbocycles. The average molecular weight is 377 g/mol. The van der Waals surface area contributed by atoms with Gasteiger partial charge in [-0.3, -0.25) is 0 Å². The summed E-state index contributed by atoms with van der Waals surface area (Å²) < 4.78 is 34.1. The molecule has 26 heavy (non-hydrogen) atoms. The minimum Gasteiger partial charge on any atom is -0.476 e. The first-order chi connectivity index (χ1) is 12.5. The van der Waals surface area contributed by atoms with Gasteiger partial charge in [-0.05, 0) is 37.7 Å². The molecular weight excluding hydrogens is 354 g/mol. The number of aryl methyl sites for hydroxylation is 1. The fourth-order valence-electron chi connectivity index (χ4n) is 3.24. The summed E-state index contributed by atoms with van der Waals surface area (Å²) in [4.78, 5) is 3.97. The molecule has 8 nitrogen and oxygen atoms in total. The fraction of sp³-hybridized carbons (Fsp3) is 0.588. The number of hydrogen-bond donors (Lipinski definition) is 0. The Bertz CT molecular complexity index is 853. The smallest absolute Gasteiger partial charge is 0.276 e. The van der Waals surface area contributed by atoms with Gasteiger partial charge >= 0.3 is 0 Å². The van der Waals surface area contributed by atoms with Crippen LogP contribution in [0.25, 0.3) is 0 Å². The van der Waals surface area contributed by atoms with E-state index in [1.165, 1.54) is 27.9 Å². The van der Waals surface area contributed by atoms with Crippen LogP contribution in [0.1, 0.15) is 37.3 Å². The molecule has 140 valence electrons. The number of aromatic nitrogens is 4. The van der Waals surface area contributed by atoms with Gasteiger partial charge in [-0.2, -0.15) is 9.40 Å². The van der Waals surface area contributed by atoms with E-state index >= 15 is 0 Å².